The monoisotopic (exact) mass is 243 g/mol. The van der Waals surface area contributed by atoms with Crippen molar-refractivity contribution in [1.82, 2.24) is 0 Å². The van der Waals surface area contributed by atoms with E-state index in [-0.39, 0.29) is 12.4 Å². The fraction of sp³-hybridized carbons (Fsp3) is 0.143. The van der Waals surface area contributed by atoms with Gasteiger partial charge in [0.05, 0.1) is 31.7 Å². The van der Waals surface area contributed by atoms with Crippen LogP contribution in [0.3, 0.4) is 0 Å². The first-order valence-corrected chi connectivity index (χ1v) is 5.52. The average molecular weight is 243 g/mol. The van der Waals surface area contributed by atoms with Crippen molar-refractivity contribution in [2.24, 2.45) is 4.99 Å². The van der Waals surface area contributed by atoms with Gasteiger partial charge < -0.3 is 9.15 Å². The molecule has 0 aliphatic rings. The van der Waals surface area contributed by atoms with Crippen LogP contribution in [-0.2, 0) is 16.0 Å². The largest absolute Gasteiger partial charge is 0.469 e. The molecule has 4 nitrogen and oxygen atoms in total. The van der Waals surface area contributed by atoms with E-state index in [4.69, 9.17) is 4.42 Å². The number of hydrogen-bond acceptors (Lipinski definition) is 4. The minimum Gasteiger partial charge on any atom is -0.469 e. The zero-order valence-corrected chi connectivity index (χ0v) is 10.00. The minimum absolute atomic E-state index is 0.210. The van der Waals surface area contributed by atoms with E-state index in [0.29, 0.717) is 5.76 Å². The Kier molecular flexibility index (Phi) is 3.91. The van der Waals surface area contributed by atoms with Crippen LogP contribution in [0.15, 0.2) is 52.1 Å². The van der Waals surface area contributed by atoms with Gasteiger partial charge in [-0.15, -0.1) is 0 Å². The summed E-state index contributed by atoms with van der Waals surface area (Å²) in [6, 6.07) is 11.0. The van der Waals surface area contributed by atoms with Gasteiger partial charge >= 0.3 is 5.97 Å². The lowest BCUT2D eigenvalue weighted by atomic mass is 10.1. The first kappa shape index (κ1) is 12.1. The molecule has 0 aliphatic heterocycles. The summed E-state index contributed by atoms with van der Waals surface area (Å²) < 4.78 is 9.81. The molecule has 0 fully saturated rings. The van der Waals surface area contributed by atoms with Gasteiger partial charge in [0.15, 0.2) is 0 Å². The standard InChI is InChI=1S/C14H13NO3/c1-17-14(16)9-11-5-2-3-7-13(11)15-10-12-6-4-8-18-12/h2-8,10H,9H2,1H3. The molecular formula is C14H13NO3. The third-order valence-electron chi connectivity index (χ3n) is 2.43. The summed E-state index contributed by atoms with van der Waals surface area (Å²) in [5.41, 5.74) is 1.56. The Hall–Kier alpha value is -2.36. The lowest BCUT2D eigenvalue weighted by molar-refractivity contribution is -0.139. The first-order chi connectivity index (χ1) is 8.79. The molecule has 1 aromatic heterocycles. The Balaban J connectivity index is 2.19. The zero-order chi connectivity index (χ0) is 12.8. The summed E-state index contributed by atoms with van der Waals surface area (Å²) in [5.74, 6) is 0.388. The highest BCUT2D eigenvalue weighted by molar-refractivity contribution is 5.80. The molecule has 0 unspecified atom stereocenters. The molecular weight excluding hydrogens is 230 g/mol. The SMILES string of the molecule is COC(=O)Cc1ccccc1N=Cc1ccco1. The van der Waals surface area contributed by atoms with Crippen LogP contribution in [0, 0.1) is 0 Å². The summed E-state index contributed by atoms with van der Waals surface area (Å²) in [6.07, 6.45) is 3.42. The molecule has 0 spiro atoms. The van der Waals surface area contributed by atoms with Crippen LogP contribution < -0.4 is 0 Å². The van der Waals surface area contributed by atoms with Gasteiger partial charge in [-0.1, -0.05) is 18.2 Å². The molecule has 0 saturated heterocycles. The lowest BCUT2D eigenvalue weighted by Gasteiger charge is -2.03. The van der Waals surface area contributed by atoms with Crippen LogP contribution in [0.5, 0.6) is 0 Å². The van der Waals surface area contributed by atoms with Crippen molar-refractivity contribution in [1.29, 1.82) is 0 Å². The van der Waals surface area contributed by atoms with Crippen molar-refractivity contribution in [3.8, 4) is 0 Å². The molecule has 1 heterocycles. The molecule has 4 heteroatoms. The molecule has 0 aliphatic carbocycles. The topological polar surface area (TPSA) is 51.8 Å². The number of esters is 1. The number of hydrogen-bond donors (Lipinski definition) is 0. The van der Waals surface area contributed by atoms with Gasteiger partial charge in [-0.05, 0) is 23.8 Å². The Bertz CT molecular complexity index is 544. The molecule has 0 atom stereocenters. The van der Waals surface area contributed by atoms with E-state index in [1.165, 1.54) is 7.11 Å². The minimum atomic E-state index is -0.282. The summed E-state index contributed by atoms with van der Waals surface area (Å²) in [7, 11) is 1.37. The zero-order valence-electron chi connectivity index (χ0n) is 10.00. The fourth-order valence-corrected chi connectivity index (χ4v) is 1.51. The summed E-state index contributed by atoms with van der Waals surface area (Å²) >= 11 is 0. The fourth-order valence-electron chi connectivity index (χ4n) is 1.51. The molecule has 18 heavy (non-hydrogen) atoms. The van der Waals surface area contributed by atoms with Crippen LogP contribution in [0.2, 0.25) is 0 Å². The number of rotatable bonds is 4. The highest BCUT2D eigenvalue weighted by atomic mass is 16.5. The van der Waals surface area contributed by atoms with E-state index < -0.39 is 0 Å². The highest BCUT2D eigenvalue weighted by Crippen LogP contribution is 2.19. The van der Waals surface area contributed by atoms with Gasteiger partial charge in [0, 0.05) is 0 Å². The van der Waals surface area contributed by atoms with Crippen molar-refractivity contribution in [2.45, 2.75) is 6.42 Å². The molecule has 2 rings (SSSR count). The first-order valence-electron chi connectivity index (χ1n) is 5.52. The average Bonchev–Trinajstić information content (AvgIpc) is 2.91. The van der Waals surface area contributed by atoms with Gasteiger partial charge in [-0.3, -0.25) is 9.79 Å². The Morgan fingerprint density at radius 3 is 2.89 bits per heavy atom. The molecule has 0 amide bonds. The Morgan fingerprint density at radius 1 is 1.33 bits per heavy atom. The van der Waals surface area contributed by atoms with Crippen LogP contribution in [0.25, 0.3) is 0 Å². The number of carbonyl (C=O) groups is 1. The third kappa shape index (κ3) is 3.07. The summed E-state index contributed by atoms with van der Waals surface area (Å²) in [6.45, 7) is 0. The van der Waals surface area contributed by atoms with Crippen molar-refractivity contribution in [3.05, 3.63) is 54.0 Å². The van der Waals surface area contributed by atoms with Crippen LogP contribution in [0.4, 0.5) is 5.69 Å². The highest BCUT2D eigenvalue weighted by Gasteiger charge is 2.06. The van der Waals surface area contributed by atoms with Crippen LogP contribution in [0.1, 0.15) is 11.3 Å². The maximum Gasteiger partial charge on any atom is 0.310 e. The molecule has 2 aromatic rings. The van der Waals surface area contributed by atoms with E-state index in [1.807, 2.05) is 30.3 Å². The summed E-state index contributed by atoms with van der Waals surface area (Å²) in [4.78, 5) is 15.6. The van der Waals surface area contributed by atoms with Gasteiger partial charge in [-0.2, -0.15) is 0 Å². The second-order valence-electron chi connectivity index (χ2n) is 3.66. The normalized spacial score (nSPS) is 10.7. The van der Waals surface area contributed by atoms with Crippen molar-refractivity contribution in [2.75, 3.05) is 7.11 Å². The predicted octanol–water partition coefficient (Wildman–Crippen LogP) is 2.75. The number of para-hydroxylation sites is 1. The number of aliphatic imine (C=N–C) groups is 1. The van der Waals surface area contributed by atoms with Gasteiger partial charge in [0.2, 0.25) is 0 Å². The Labute approximate surface area is 105 Å². The second kappa shape index (κ2) is 5.82. The van der Waals surface area contributed by atoms with Crippen LogP contribution in [-0.4, -0.2) is 19.3 Å². The smallest absolute Gasteiger partial charge is 0.310 e. The van der Waals surface area contributed by atoms with Gasteiger partial charge in [0.25, 0.3) is 0 Å². The van der Waals surface area contributed by atoms with E-state index in [1.54, 1.807) is 18.5 Å². The third-order valence-corrected chi connectivity index (χ3v) is 2.43. The molecule has 0 saturated carbocycles. The number of ether oxygens (including phenoxy) is 1. The number of methoxy groups -OCH3 is 1. The van der Waals surface area contributed by atoms with Crippen molar-refractivity contribution in [3.63, 3.8) is 0 Å². The maximum absolute atomic E-state index is 11.3. The van der Waals surface area contributed by atoms with Crippen molar-refractivity contribution >= 4 is 17.9 Å². The molecule has 0 radical (unpaired) electrons. The number of benzene rings is 1. The summed E-state index contributed by atoms with van der Waals surface area (Å²) in [5, 5.41) is 0. The molecule has 0 N–H and O–H groups in total. The second-order valence-corrected chi connectivity index (χ2v) is 3.66. The van der Waals surface area contributed by atoms with E-state index in [2.05, 4.69) is 9.73 Å². The molecule has 92 valence electrons. The van der Waals surface area contributed by atoms with Crippen LogP contribution >= 0.6 is 0 Å². The number of nitrogens with zero attached hydrogens (tertiary/aromatic N) is 1. The Morgan fingerprint density at radius 2 is 2.17 bits per heavy atom. The van der Waals surface area contributed by atoms with E-state index in [0.717, 1.165) is 11.3 Å². The quantitative estimate of drug-likeness (QED) is 0.612. The molecule has 1 aromatic carbocycles. The predicted molar refractivity (Wildman–Crippen MR) is 68.1 cm³/mol. The maximum atomic E-state index is 11.3. The number of furan rings is 1. The van der Waals surface area contributed by atoms with Gasteiger partial charge in [0.1, 0.15) is 5.76 Å². The molecule has 0 bridgehead atoms. The van der Waals surface area contributed by atoms with E-state index >= 15 is 0 Å². The van der Waals surface area contributed by atoms with Gasteiger partial charge in [-0.25, -0.2) is 0 Å². The van der Waals surface area contributed by atoms with E-state index in [9.17, 15) is 4.79 Å². The van der Waals surface area contributed by atoms with Crippen molar-refractivity contribution < 1.29 is 13.9 Å². The number of carbonyl (C=O) groups excluding carboxylic acids is 1. The lowest BCUT2D eigenvalue weighted by Crippen LogP contribution is -2.04.